The van der Waals surface area contributed by atoms with E-state index >= 15 is 0 Å². The fourth-order valence-corrected chi connectivity index (χ4v) is 3.39. The van der Waals surface area contributed by atoms with Gasteiger partial charge in [-0.05, 0) is 24.6 Å². The zero-order valence-electron chi connectivity index (χ0n) is 14.7. The molecule has 0 radical (unpaired) electrons. The number of aromatic nitrogens is 2. The normalized spacial score (nSPS) is 14.6. The number of benzene rings is 1. The van der Waals surface area contributed by atoms with Gasteiger partial charge < -0.3 is 9.80 Å². The Balaban J connectivity index is 1.85. The van der Waals surface area contributed by atoms with Gasteiger partial charge in [-0.1, -0.05) is 36.2 Å². The first kappa shape index (κ1) is 18.7. The molecule has 2 heterocycles. The predicted molar refractivity (Wildman–Crippen MR) is 104 cm³/mol. The third-order valence-electron chi connectivity index (χ3n) is 4.58. The summed E-state index contributed by atoms with van der Waals surface area (Å²) in [5.74, 6) is 0.139. The molecule has 1 aromatic carbocycles. The van der Waals surface area contributed by atoms with Crippen LogP contribution >= 0.6 is 23.2 Å². The molecule has 0 atom stereocenters. The summed E-state index contributed by atoms with van der Waals surface area (Å²) >= 11 is 12.5. The summed E-state index contributed by atoms with van der Waals surface area (Å²) in [6, 6.07) is 5.30. The maximum Gasteiger partial charge on any atom is 0.292 e. The lowest BCUT2D eigenvalue weighted by Gasteiger charge is -2.36. The summed E-state index contributed by atoms with van der Waals surface area (Å²) in [5, 5.41) is 4.95. The predicted octanol–water partition coefficient (Wildman–Crippen LogP) is 2.91. The lowest BCUT2D eigenvalue weighted by Crippen LogP contribution is -2.49. The van der Waals surface area contributed by atoms with Crippen molar-refractivity contribution >= 4 is 34.8 Å². The highest BCUT2D eigenvalue weighted by molar-refractivity contribution is 6.33. The molecule has 1 aliphatic rings. The number of rotatable bonds is 3. The van der Waals surface area contributed by atoms with E-state index in [2.05, 4.69) is 5.10 Å². The lowest BCUT2D eigenvalue weighted by atomic mass is 10.2. The number of anilines is 1. The molecule has 1 aliphatic heterocycles. The van der Waals surface area contributed by atoms with Gasteiger partial charge >= 0.3 is 0 Å². The Labute approximate surface area is 161 Å². The van der Waals surface area contributed by atoms with Crippen LogP contribution in [0.25, 0.3) is 5.69 Å². The largest absolute Gasteiger partial charge is 0.365 e. The number of nitrogens with zero attached hydrogens (tertiary/aromatic N) is 4. The second kappa shape index (κ2) is 7.68. The maximum atomic E-state index is 12.7. The van der Waals surface area contributed by atoms with Crippen LogP contribution in [0, 0.1) is 6.92 Å². The van der Waals surface area contributed by atoms with Crippen LogP contribution in [0.2, 0.25) is 10.0 Å². The Kier molecular flexibility index (Phi) is 5.53. The summed E-state index contributed by atoms with van der Waals surface area (Å²) < 4.78 is 1.24. The quantitative estimate of drug-likeness (QED) is 0.802. The van der Waals surface area contributed by atoms with E-state index in [1.54, 1.807) is 18.3 Å². The summed E-state index contributed by atoms with van der Waals surface area (Å²) in [4.78, 5) is 28.3. The molecule has 0 spiro atoms. The minimum Gasteiger partial charge on any atom is -0.365 e. The van der Waals surface area contributed by atoms with Crippen LogP contribution in [0.5, 0.6) is 0 Å². The van der Waals surface area contributed by atoms with Crippen LogP contribution in [0.1, 0.15) is 18.9 Å². The summed E-state index contributed by atoms with van der Waals surface area (Å²) in [5.41, 5.74) is 1.69. The molecule has 2 aromatic rings. The van der Waals surface area contributed by atoms with Crippen molar-refractivity contribution in [1.29, 1.82) is 0 Å². The van der Waals surface area contributed by atoms with Crippen molar-refractivity contribution < 1.29 is 4.79 Å². The molecule has 26 heavy (non-hydrogen) atoms. The molecule has 0 aliphatic carbocycles. The Hall–Kier alpha value is -2.05. The molecule has 1 fully saturated rings. The van der Waals surface area contributed by atoms with E-state index in [9.17, 15) is 9.59 Å². The SMILES string of the molecule is CCC(=O)N1CCN(c2cnn(-c3ccc(C)c(Cl)c3)c(=O)c2Cl)CC1. The average molecular weight is 395 g/mol. The van der Waals surface area contributed by atoms with Gasteiger partial charge in [0, 0.05) is 37.6 Å². The van der Waals surface area contributed by atoms with Crippen LogP contribution in [0.15, 0.2) is 29.2 Å². The lowest BCUT2D eigenvalue weighted by molar-refractivity contribution is -0.131. The summed E-state index contributed by atoms with van der Waals surface area (Å²) in [6.45, 7) is 6.20. The Morgan fingerprint density at radius 2 is 1.88 bits per heavy atom. The number of hydrogen-bond donors (Lipinski definition) is 0. The molecule has 0 bridgehead atoms. The second-order valence-corrected chi connectivity index (χ2v) is 7.00. The summed E-state index contributed by atoms with van der Waals surface area (Å²) in [6.07, 6.45) is 2.09. The van der Waals surface area contributed by atoms with E-state index in [1.807, 2.05) is 29.7 Å². The van der Waals surface area contributed by atoms with Crippen LogP contribution in [-0.2, 0) is 4.79 Å². The summed E-state index contributed by atoms with van der Waals surface area (Å²) in [7, 11) is 0. The van der Waals surface area contributed by atoms with Crippen LogP contribution < -0.4 is 10.5 Å². The van der Waals surface area contributed by atoms with Crippen molar-refractivity contribution in [3.8, 4) is 5.69 Å². The Morgan fingerprint density at radius 3 is 2.50 bits per heavy atom. The standard InChI is InChI=1S/C18H20Cl2N4O2/c1-3-16(25)23-8-6-22(7-9-23)15-11-21-24(18(26)17(15)20)13-5-4-12(2)14(19)10-13/h4-5,10-11H,3,6-9H2,1-2H3. The molecule has 0 saturated carbocycles. The van der Waals surface area contributed by atoms with Crippen LogP contribution in [0.4, 0.5) is 5.69 Å². The number of halogens is 2. The van der Waals surface area contributed by atoms with Gasteiger partial charge in [0.15, 0.2) is 0 Å². The van der Waals surface area contributed by atoms with E-state index in [4.69, 9.17) is 23.2 Å². The van der Waals surface area contributed by atoms with Gasteiger partial charge in [-0.2, -0.15) is 9.78 Å². The number of carbonyl (C=O) groups excluding carboxylic acids is 1. The topological polar surface area (TPSA) is 58.4 Å². The van der Waals surface area contributed by atoms with E-state index in [-0.39, 0.29) is 10.9 Å². The van der Waals surface area contributed by atoms with E-state index < -0.39 is 5.56 Å². The minimum absolute atomic E-state index is 0.118. The molecule has 0 unspecified atom stereocenters. The highest BCUT2D eigenvalue weighted by Gasteiger charge is 2.23. The smallest absolute Gasteiger partial charge is 0.292 e. The zero-order chi connectivity index (χ0) is 18.8. The van der Waals surface area contributed by atoms with Crippen molar-refractivity contribution in [3.63, 3.8) is 0 Å². The molecular weight excluding hydrogens is 375 g/mol. The van der Waals surface area contributed by atoms with E-state index in [0.29, 0.717) is 49.0 Å². The Bertz CT molecular complexity index is 889. The first-order chi connectivity index (χ1) is 12.4. The molecule has 1 aromatic heterocycles. The molecule has 1 saturated heterocycles. The van der Waals surface area contributed by atoms with Gasteiger partial charge in [0.05, 0.1) is 17.6 Å². The van der Waals surface area contributed by atoms with Gasteiger partial charge in [0.1, 0.15) is 5.02 Å². The molecule has 138 valence electrons. The molecular formula is C18H20Cl2N4O2. The minimum atomic E-state index is -0.392. The number of aryl methyl sites for hydroxylation is 1. The van der Waals surface area contributed by atoms with Gasteiger partial charge in [0.2, 0.25) is 5.91 Å². The number of piperazine rings is 1. The maximum absolute atomic E-state index is 12.7. The van der Waals surface area contributed by atoms with Crippen molar-refractivity contribution in [2.45, 2.75) is 20.3 Å². The van der Waals surface area contributed by atoms with Crippen LogP contribution in [-0.4, -0.2) is 46.8 Å². The van der Waals surface area contributed by atoms with Crippen molar-refractivity contribution in [1.82, 2.24) is 14.7 Å². The number of hydrogen-bond acceptors (Lipinski definition) is 4. The van der Waals surface area contributed by atoms with Gasteiger partial charge in [-0.25, -0.2) is 0 Å². The zero-order valence-corrected chi connectivity index (χ0v) is 16.2. The fraction of sp³-hybridized carbons (Fsp3) is 0.389. The molecule has 8 heteroatoms. The second-order valence-electron chi connectivity index (χ2n) is 6.22. The molecule has 1 amide bonds. The monoisotopic (exact) mass is 394 g/mol. The Morgan fingerprint density at radius 1 is 1.19 bits per heavy atom. The number of carbonyl (C=O) groups is 1. The third-order valence-corrected chi connectivity index (χ3v) is 5.34. The average Bonchev–Trinajstić information content (AvgIpc) is 2.66. The number of amides is 1. The molecule has 6 nitrogen and oxygen atoms in total. The van der Waals surface area contributed by atoms with Gasteiger partial charge in [0.25, 0.3) is 5.56 Å². The van der Waals surface area contributed by atoms with Crippen LogP contribution in [0.3, 0.4) is 0 Å². The van der Waals surface area contributed by atoms with Gasteiger partial charge in [-0.3, -0.25) is 9.59 Å². The van der Waals surface area contributed by atoms with Crippen molar-refractivity contribution in [2.75, 3.05) is 31.1 Å². The van der Waals surface area contributed by atoms with Crippen molar-refractivity contribution in [2.24, 2.45) is 0 Å². The van der Waals surface area contributed by atoms with E-state index in [0.717, 1.165) is 5.56 Å². The fourth-order valence-electron chi connectivity index (χ4n) is 2.96. The first-order valence-corrected chi connectivity index (χ1v) is 9.25. The highest BCUT2D eigenvalue weighted by atomic mass is 35.5. The van der Waals surface area contributed by atoms with Crippen molar-refractivity contribution in [3.05, 3.63) is 50.4 Å². The van der Waals surface area contributed by atoms with Gasteiger partial charge in [-0.15, -0.1) is 0 Å². The molecule has 0 N–H and O–H groups in total. The first-order valence-electron chi connectivity index (χ1n) is 8.49. The van der Waals surface area contributed by atoms with E-state index in [1.165, 1.54) is 4.68 Å². The molecule has 3 rings (SSSR count). The highest BCUT2D eigenvalue weighted by Crippen LogP contribution is 2.24. The third kappa shape index (κ3) is 3.57.